The molecule has 0 unspecified atom stereocenters. The highest BCUT2D eigenvalue weighted by Crippen LogP contribution is 2.70. The van der Waals surface area contributed by atoms with Crippen LogP contribution in [-0.2, 0) is 24.4 Å². The first-order valence-corrected chi connectivity index (χ1v) is 13.0. The Bertz CT molecular complexity index is 1020. The maximum atomic E-state index is 13.9. The van der Waals surface area contributed by atoms with Gasteiger partial charge in [0, 0.05) is 24.4 Å². The van der Waals surface area contributed by atoms with Crippen LogP contribution >= 0.6 is 0 Å². The second-order valence-electron chi connectivity index (χ2n) is 10.9. The van der Waals surface area contributed by atoms with Crippen LogP contribution in [0.2, 0.25) is 0 Å². The van der Waals surface area contributed by atoms with Gasteiger partial charge in [0.25, 0.3) is 5.91 Å². The lowest BCUT2D eigenvalue weighted by atomic mass is 9.69. The van der Waals surface area contributed by atoms with Crippen molar-refractivity contribution in [3.8, 4) is 0 Å². The molecule has 0 aromatic carbocycles. The first kappa shape index (κ1) is 21.1. The first-order valence-electron chi connectivity index (χ1n) is 11.4. The number of rotatable bonds is 2. The van der Waals surface area contributed by atoms with Crippen molar-refractivity contribution >= 4 is 27.7 Å². The molecule has 6 fully saturated rings. The molecule has 32 heavy (non-hydrogen) atoms. The summed E-state index contributed by atoms with van der Waals surface area (Å²) in [5.74, 6) is -1.71. The van der Waals surface area contributed by atoms with Crippen LogP contribution in [0.4, 0.5) is 0 Å². The minimum absolute atomic E-state index is 0.0141. The number of carbonyl (C=O) groups is 3. The zero-order valence-electron chi connectivity index (χ0n) is 18.4. The molecule has 3 amide bonds. The monoisotopic (exact) mass is 458 g/mol. The highest BCUT2D eigenvalue weighted by atomic mass is 32.2. The van der Waals surface area contributed by atoms with Crippen molar-refractivity contribution in [2.24, 2.45) is 28.6 Å². The van der Waals surface area contributed by atoms with E-state index in [0.717, 1.165) is 28.0 Å². The van der Waals surface area contributed by atoms with Crippen molar-refractivity contribution in [3.05, 3.63) is 31.6 Å². The van der Waals surface area contributed by atoms with Crippen molar-refractivity contribution in [3.63, 3.8) is 0 Å². The smallest absolute Gasteiger partial charge is 0.254 e. The van der Waals surface area contributed by atoms with E-state index in [4.69, 9.17) is 0 Å². The fourth-order valence-electron chi connectivity index (χ4n) is 7.80. The summed E-state index contributed by atoms with van der Waals surface area (Å²) in [7, 11) is -2.37. The van der Waals surface area contributed by atoms with Gasteiger partial charge in [-0.05, 0) is 56.3 Å². The number of nitrogens with zero attached hydrogens (tertiary/aromatic N) is 2. The fourth-order valence-corrected chi connectivity index (χ4v) is 10.4. The summed E-state index contributed by atoms with van der Waals surface area (Å²) in [6.07, 6.45) is 9.88. The van der Waals surface area contributed by atoms with Gasteiger partial charge in [-0.1, -0.05) is 13.8 Å². The lowest BCUT2D eigenvalue weighted by Gasteiger charge is -2.37. The van der Waals surface area contributed by atoms with E-state index in [-0.39, 0.29) is 23.1 Å². The van der Waals surface area contributed by atoms with E-state index in [1.807, 2.05) is 25.7 Å². The maximum absolute atomic E-state index is 13.9. The van der Waals surface area contributed by atoms with Crippen molar-refractivity contribution in [1.82, 2.24) is 14.5 Å². The molecule has 7 atom stereocenters. The molecule has 3 aliphatic carbocycles. The SMILES string of the molecule is CN1C(=O)[C@@H]2[C@H](C1=O)[C@H]([C]1[CH][CH][CH][CH]1)N[C@@H]2C(=O)N1[C@@H]2C[C@H]3CC[C@]2(CS1(=O)=O)C3(C)C. The number of likely N-dealkylation sites (tertiary alicyclic amines) is 1. The summed E-state index contributed by atoms with van der Waals surface area (Å²) in [5, 5.41) is 3.21. The molecule has 1 N–H and O–H groups in total. The van der Waals surface area contributed by atoms with Gasteiger partial charge in [0.1, 0.15) is 6.04 Å². The van der Waals surface area contributed by atoms with Gasteiger partial charge < -0.3 is 5.32 Å². The Kier molecular flexibility index (Phi) is 4.18. The Morgan fingerprint density at radius 1 is 1.12 bits per heavy atom. The molecule has 6 aliphatic rings. The summed E-state index contributed by atoms with van der Waals surface area (Å²) >= 11 is 0. The van der Waals surface area contributed by atoms with Crippen LogP contribution in [-0.4, -0.2) is 66.3 Å². The number of carbonyl (C=O) groups excluding carboxylic acids is 3. The summed E-state index contributed by atoms with van der Waals surface area (Å²) in [5.41, 5.74) is -0.579. The zero-order chi connectivity index (χ0) is 22.8. The molecule has 8 nitrogen and oxygen atoms in total. The maximum Gasteiger partial charge on any atom is 0.254 e. The number of amides is 3. The van der Waals surface area contributed by atoms with E-state index in [0.29, 0.717) is 12.3 Å². The van der Waals surface area contributed by atoms with Crippen LogP contribution < -0.4 is 5.32 Å². The van der Waals surface area contributed by atoms with Crippen molar-refractivity contribution < 1.29 is 22.8 Å². The summed E-state index contributed by atoms with van der Waals surface area (Å²) < 4.78 is 27.9. The summed E-state index contributed by atoms with van der Waals surface area (Å²) in [4.78, 5) is 40.9. The molecule has 6 rings (SSSR count). The molecule has 1 spiro atoms. The molecule has 171 valence electrons. The molecule has 9 heteroatoms. The Morgan fingerprint density at radius 3 is 2.44 bits per heavy atom. The van der Waals surface area contributed by atoms with Gasteiger partial charge in [-0.3, -0.25) is 19.3 Å². The fraction of sp³-hybridized carbons (Fsp3) is 0.652. The second kappa shape index (κ2) is 6.34. The molecule has 3 saturated carbocycles. The lowest BCUT2D eigenvalue weighted by Crippen LogP contribution is -2.54. The van der Waals surface area contributed by atoms with Crippen LogP contribution in [0.3, 0.4) is 0 Å². The van der Waals surface area contributed by atoms with Gasteiger partial charge in [-0.25, -0.2) is 12.7 Å². The van der Waals surface area contributed by atoms with Gasteiger partial charge in [0.05, 0.1) is 23.6 Å². The number of nitrogens with one attached hydrogen (secondary N) is 1. The topological polar surface area (TPSA) is 104 Å². The molecule has 3 aliphatic heterocycles. The highest BCUT2D eigenvalue weighted by molar-refractivity contribution is 7.90. The second-order valence-corrected chi connectivity index (χ2v) is 12.7. The van der Waals surface area contributed by atoms with Crippen molar-refractivity contribution in [2.75, 3.05) is 12.8 Å². The predicted molar refractivity (Wildman–Crippen MR) is 114 cm³/mol. The molecule has 3 saturated heterocycles. The number of imide groups is 1. The van der Waals surface area contributed by atoms with E-state index < -0.39 is 51.2 Å². The van der Waals surface area contributed by atoms with E-state index in [1.165, 1.54) is 7.05 Å². The first-order chi connectivity index (χ1) is 15.0. The van der Waals surface area contributed by atoms with E-state index in [1.54, 1.807) is 0 Å². The Morgan fingerprint density at radius 2 is 1.78 bits per heavy atom. The van der Waals surface area contributed by atoms with Crippen LogP contribution in [0.25, 0.3) is 0 Å². The third kappa shape index (κ3) is 2.32. The number of hydrogen-bond acceptors (Lipinski definition) is 6. The molecule has 0 aromatic rings. The molecule has 5 radical (unpaired) electrons. The van der Waals surface area contributed by atoms with Crippen molar-refractivity contribution in [2.45, 2.75) is 51.2 Å². The van der Waals surface area contributed by atoms with E-state index in [9.17, 15) is 22.8 Å². The largest absolute Gasteiger partial charge is 0.301 e. The van der Waals surface area contributed by atoms with Gasteiger partial charge >= 0.3 is 0 Å². The molecule has 0 aromatic heterocycles. The van der Waals surface area contributed by atoms with E-state index in [2.05, 4.69) is 19.2 Å². The number of fused-ring (bicyclic) bond motifs is 2. The Labute approximate surface area is 189 Å². The standard InChI is InChI=1S/C23H28N3O5S/c1-22(2)13-8-9-23(22)11-32(30,31)26(14(23)10-13)21(29)18-16-15(19(27)25(3)20(16)28)17(24-18)12-6-4-5-7-12/h4-7,13-18,24H,8-11H2,1-3H3/t13-,14-,15+,16-,17+,18+,23-/m1/s1. The third-order valence-electron chi connectivity index (χ3n) is 9.64. The van der Waals surface area contributed by atoms with Gasteiger partial charge in [-0.2, -0.15) is 0 Å². The minimum atomic E-state index is -3.81. The van der Waals surface area contributed by atoms with Crippen LogP contribution in [0, 0.1) is 60.2 Å². The average molecular weight is 459 g/mol. The normalized spacial score (nSPS) is 46.3. The van der Waals surface area contributed by atoms with Crippen molar-refractivity contribution in [1.29, 1.82) is 0 Å². The third-order valence-corrected chi connectivity index (χ3v) is 11.6. The van der Waals surface area contributed by atoms with Crippen LogP contribution in [0.15, 0.2) is 0 Å². The summed E-state index contributed by atoms with van der Waals surface area (Å²) in [6, 6.07) is -1.90. The van der Waals surface area contributed by atoms with Gasteiger partial charge in [0.15, 0.2) is 0 Å². The van der Waals surface area contributed by atoms with Crippen LogP contribution in [0.5, 0.6) is 0 Å². The highest BCUT2D eigenvalue weighted by Gasteiger charge is 2.73. The van der Waals surface area contributed by atoms with Crippen LogP contribution in [0.1, 0.15) is 33.1 Å². The average Bonchev–Trinajstić information content (AvgIpc) is 3.52. The predicted octanol–water partition coefficient (Wildman–Crippen LogP) is 0.330. The molecule has 2 bridgehead atoms. The Balaban J connectivity index is 1.37. The quantitative estimate of drug-likeness (QED) is 0.598. The van der Waals surface area contributed by atoms with Gasteiger partial charge in [-0.15, -0.1) is 0 Å². The number of hydrogen-bond donors (Lipinski definition) is 1. The van der Waals surface area contributed by atoms with Gasteiger partial charge in [0.2, 0.25) is 21.8 Å². The minimum Gasteiger partial charge on any atom is -0.301 e. The molecular weight excluding hydrogens is 430 g/mol. The Hall–Kier alpha value is -1.48. The lowest BCUT2D eigenvalue weighted by molar-refractivity contribution is -0.141. The number of sulfonamides is 1. The van der Waals surface area contributed by atoms with E-state index >= 15 is 0 Å². The molecular formula is C23H28N3O5S. The summed E-state index contributed by atoms with van der Waals surface area (Å²) in [6.45, 7) is 4.27. The molecule has 3 heterocycles. The zero-order valence-corrected chi connectivity index (χ0v) is 19.3.